The summed E-state index contributed by atoms with van der Waals surface area (Å²) in [6.45, 7) is 3.87. The Kier molecular flexibility index (Phi) is 5.32. The van der Waals surface area contributed by atoms with Crippen molar-refractivity contribution in [3.05, 3.63) is 90.3 Å². The van der Waals surface area contributed by atoms with Crippen molar-refractivity contribution in [3.63, 3.8) is 0 Å². The molecule has 0 aromatic heterocycles. The second-order valence-electron chi connectivity index (χ2n) is 6.73. The number of ether oxygens (including phenoxy) is 1. The number of carbonyl (C=O) groups is 3. The summed E-state index contributed by atoms with van der Waals surface area (Å²) >= 11 is 0. The van der Waals surface area contributed by atoms with Crippen LogP contribution >= 0.6 is 0 Å². The van der Waals surface area contributed by atoms with Crippen molar-refractivity contribution >= 4 is 40.4 Å². The number of nitrogens with zero attached hydrogens (tertiary/aromatic N) is 1. The molecule has 0 aliphatic carbocycles. The molecule has 1 fully saturated rings. The van der Waals surface area contributed by atoms with Crippen LogP contribution in [0.25, 0.3) is 16.8 Å². The van der Waals surface area contributed by atoms with Crippen LogP contribution in [0.4, 0.5) is 14.9 Å². The second kappa shape index (κ2) is 8.23. The molecule has 1 aliphatic heterocycles. The Bertz CT molecular complexity index is 1250. The number of hydrogen-bond donors (Lipinski definition) is 1. The van der Waals surface area contributed by atoms with Crippen LogP contribution in [0, 0.1) is 5.82 Å². The van der Waals surface area contributed by atoms with Crippen LogP contribution < -0.4 is 15.0 Å². The fourth-order valence-electron chi connectivity index (χ4n) is 3.33. The maximum Gasteiger partial charge on any atom is 0.335 e. The number of halogens is 1. The number of rotatable bonds is 5. The van der Waals surface area contributed by atoms with Crippen molar-refractivity contribution in [1.82, 2.24) is 5.32 Å². The Morgan fingerprint density at radius 1 is 1.00 bits per heavy atom. The predicted octanol–water partition coefficient (Wildman–Crippen LogP) is 4.21. The molecule has 4 rings (SSSR count). The minimum atomic E-state index is -0.903. The van der Waals surface area contributed by atoms with Gasteiger partial charge in [0.15, 0.2) is 0 Å². The minimum Gasteiger partial charge on any atom is -0.489 e. The zero-order chi connectivity index (χ0) is 22.0. The Balaban J connectivity index is 1.85. The fourth-order valence-corrected chi connectivity index (χ4v) is 3.33. The summed E-state index contributed by atoms with van der Waals surface area (Å²) in [5.41, 5.74) is 0.416. The topological polar surface area (TPSA) is 75.7 Å². The first kappa shape index (κ1) is 20.0. The highest BCUT2D eigenvalue weighted by atomic mass is 19.1. The molecule has 154 valence electrons. The molecule has 3 aromatic rings. The van der Waals surface area contributed by atoms with Crippen LogP contribution in [0.1, 0.15) is 5.56 Å². The second-order valence-corrected chi connectivity index (χ2v) is 6.73. The first-order valence-electron chi connectivity index (χ1n) is 9.42. The quantitative estimate of drug-likeness (QED) is 0.384. The zero-order valence-corrected chi connectivity index (χ0v) is 16.3. The molecule has 1 aliphatic rings. The fraction of sp³-hybridized carbons (Fsp3) is 0.0417. The van der Waals surface area contributed by atoms with Crippen molar-refractivity contribution in [2.24, 2.45) is 0 Å². The van der Waals surface area contributed by atoms with Gasteiger partial charge in [-0.2, -0.15) is 0 Å². The lowest BCUT2D eigenvalue weighted by atomic mass is 9.99. The van der Waals surface area contributed by atoms with Gasteiger partial charge in [0.05, 0.1) is 5.69 Å². The van der Waals surface area contributed by atoms with Gasteiger partial charge in [0.2, 0.25) is 0 Å². The number of anilines is 1. The largest absolute Gasteiger partial charge is 0.489 e. The molecule has 1 N–H and O–H groups in total. The van der Waals surface area contributed by atoms with Crippen molar-refractivity contribution in [2.75, 3.05) is 11.5 Å². The smallest absolute Gasteiger partial charge is 0.335 e. The van der Waals surface area contributed by atoms with Gasteiger partial charge in [0.1, 0.15) is 23.7 Å². The summed E-state index contributed by atoms with van der Waals surface area (Å²) in [4.78, 5) is 38.8. The first-order valence-corrected chi connectivity index (χ1v) is 9.42. The highest BCUT2D eigenvalue weighted by Gasteiger charge is 2.37. The van der Waals surface area contributed by atoms with Gasteiger partial charge >= 0.3 is 6.03 Å². The molecule has 4 amide bonds. The summed E-state index contributed by atoms with van der Waals surface area (Å²) in [5.74, 6) is -1.70. The van der Waals surface area contributed by atoms with Gasteiger partial charge in [-0.3, -0.25) is 14.9 Å². The summed E-state index contributed by atoms with van der Waals surface area (Å²) in [6, 6.07) is 15.0. The number of hydrogen-bond acceptors (Lipinski definition) is 4. The highest BCUT2D eigenvalue weighted by molar-refractivity contribution is 6.39. The van der Waals surface area contributed by atoms with E-state index in [1.807, 2.05) is 30.3 Å². The number of amides is 4. The van der Waals surface area contributed by atoms with E-state index in [4.69, 9.17) is 4.74 Å². The number of imide groups is 2. The van der Waals surface area contributed by atoms with Gasteiger partial charge < -0.3 is 4.74 Å². The molecule has 7 heteroatoms. The van der Waals surface area contributed by atoms with Gasteiger partial charge in [-0.25, -0.2) is 14.1 Å². The molecule has 6 nitrogen and oxygen atoms in total. The third-order valence-corrected chi connectivity index (χ3v) is 4.76. The van der Waals surface area contributed by atoms with Crippen molar-refractivity contribution in [3.8, 4) is 5.75 Å². The minimum absolute atomic E-state index is 0.142. The monoisotopic (exact) mass is 416 g/mol. The molecular weight excluding hydrogens is 399 g/mol. The van der Waals surface area contributed by atoms with Crippen LogP contribution in [-0.2, 0) is 9.59 Å². The molecule has 0 spiro atoms. The molecule has 1 heterocycles. The third kappa shape index (κ3) is 3.81. The van der Waals surface area contributed by atoms with Crippen LogP contribution in [0.3, 0.4) is 0 Å². The summed E-state index contributed by atoms with van der Waals surface area (Å²) in [6.07, 6.45) is 2.99. The van der Waals surface area contributed by atoms with E-state index < -0.39 is 23.7 Å². The molecule has 0 saturated carbocycles. The number of benzene rings is 3. The summed E-state index contributed by atoms with van der Waals surface area (Å²) < 4.78 is 19.0. The summed E-state index contributed by atoms with van der Waals surface area (Å²) in [7, 11) is 0. The maximum absolute atomic E-state index is 13.3. The average Bonchev–Trinajstić information content (AvgIpc) is 2.76. The normalized spacial score (nSPS) is 15.3. The number of nitrogens with one attached hydrogen (secondary N) is 1. The number of carbonyl (C=O) groups excluding carboxylic acids is 3. The first-order chi connectivity index (χ1) is 15.0. The molecule has 0 bridgehead atoms. The summed E-state index contributed by atoms with van der Waals surface area (Å²) in [5, 5.41) is 3.81. The van der Waals surface area contributed by atoms with E-state index in [1.54, 1.807) is 12.1 Å². The lowest BCUT2D eigenvalue weighted by Gasteiger charge is -2.26. The van der Waals surface area contributed by atoms with Crippen LogP contribution in [0.5, 0.6) is 5.75 Å². The Morgan fingerprint density at radius 3 is 2.48 bits per heavy atom. The highest BCUT2D eigenvalue weighted by Crippen LogP contribution is 2.32. The van der Waals surface area contributed by atoms with Gasteiger partial charge in [-0.05, 0) is 47.2 Å². The van der Waals surface area contributed by atoms with E-state index in [2.05, 4.69) is 11.9 Å². The van der Waals surface area contributed by atoms with Gasteiger partial charge in [0, 0.05) is 5.56 Å². The number of urea groups is 1. The van der Waals surface area contributed by atoms with Crippen molar-refractivity contribution < 1.29 is 23.5 Å². The number of fused-ring (bicyclic) bond motifs is 1. The Morgan fingerprint density at radius 2 is 1.74 bits per heavy atom. The molecule has 3 aromatic carbocycles. The molecule has 0 unspecified atom stereocenters. The van der Waals surface area contributed by atoms with E-state index in [9.17, 15) is 18.8 Å². The van der Waals surface area contributed by atoms with Crippen molar-refractivity contribution in [1.29, 1.82) is 0 Å². The Hall–Kier alpha value is -4.26. The van der Waals surface area contributed by atoms with E-state index >= 15 is 0 Å². The van der Waals surface area contributed by atoms with E-state index in [-0.39, 0.29) is 17.9 Å². The predicted molar refractivity (Wildman–Crippen MR) is 115 cm³/mol. The third-order valence-electron chi connectivity index (χ3n) is 4.76. The van der Waals surface area contributed by atoms with E-state index in [0.29, 0.717) is 11.3 Å². The molecule has 0 atom stereocenters. The van der Waals surface area contributed by atoms with Crippen molar-refractivity contribution in [2.45, 2.75) is 0 Å². The molecular formula is C24H17FN2O4. The van der Waals surface area contributed by atoms with Crippen LogP contribution in [0.2, 0.25) is 0 Å². The Labute approximate surface area is 177 Å². The van der Waals surface area contributed by atoms with Gasteiger partial charge in [-0.15, -0.1) is 0 Å². The van der Waals surface area contributed by atoms with E-state index in [1.165, 1.54) is 18.2 Å². The van der Waals surface area contributed by atoms with Gasteiger partial charge in [0.25, 0.3) is 11.8 Å². The standard InChI is InChI=1S/C24H17FN2O4/c1-2-13-31-21-12-7-15-5-3-4-6-18(15)19(21)14-20-22(28)26-24(30)27(23(20)29)17-10-8-16(25)9-11-17/h2-12,14H,1,13H2,(H,26,28,30)/b20-14+. The zero-order valence-electron chi connectivity index (χ0n) is 16.3. The molecule has 31 heavy (non-hydrogen) atoms. The average molecular weight is 416 g/mol. The van der Waals surface area contributed by atoms with Crippen LogP contribution in [0.15, 0.2) is 78.9 Å². The molecule has 0 radical (unpaired) electrons. The van der Waals surface area contributed by atoms with Gasteiger partial charge in [-0.1, -0.05) is 43.0 Å². The maximum atomic E-state index is 13.3. The lowest BCUT2D eigenvalue weighted by molar-refractivity contribution is -0.122. The SMILES string of the molecule is C=CCOc1ccc2ccccc2c1/C=C1\C(=O)NC(=O)N(c2ccc(F)cc2)C1=O. The lowest BCUT2D eigenvalue weighted by Crippen LogP contribution is -2.54. The van der Waals surface area contributed by atoms with E-state index in [0.717, 1.165) is 27.8 Å². The molecule has 1 saturated heterocycles. The van der Waals surface area contributed by atoms with Crippen LogP contribution in [-0.4, -0.2) is 24.5 Å². The number of barbiturate groups is 1.